The van der Waals surface area contributed by atoms with Gasteiger partial charge in [-0.3, -0.25) is 4.79 Å². The van der Waals surface area contributed by atoms with Gasteiger partial charge in [-0.15, -0.1) is 5.10 Å². The van der Waals surface area contributed by atoms with E-state index >= 15 is 0 Å². The first-order valence-corrected chi connectivity index (χ1v) is 8.94. The van der Waals surface area contributed by atoms with Gasteiger partial charge >= 0.3 is 0 Å². The molecule has 1 saturated carbocycles. The maximum Gasteiger partial charge on any atom is 0.296 e. The van der Waals surface area contributed by atoms with Gasteiger partial charge in [-0.1, -0.05) is 0 Å². The Morgan fingerprint density at radius 2 is 2.04 bits per heavy atom. The van der Waals surface area contributed by atoms with Crippen molar-refractivity contribution in [3.63, 3.8) is 0 Å². The molecule has 3 aromatic heterocycles. The number of carbonyl (C=O) groups excluding carboxylic acids is 1. The SMILES string of the molecule is COc1ccc(-n2nc(C3CC3)cc2NC(=O)c2nc3ncccn3n2)cc1. The molecule has 3 heterocycles. The first kappa shape index (κ1) is 16.4. The van der Waals surface area contributed by atoms with Gasteiger partial charge in [-0.2, -0.15) is 10.1 Å². The third-order valence-electron chi connectivity index (χ3n) is 4.60. The van der Waals surface area contributed by atoms with Crippen molar-refractivity contribution in [2.24, 2.45) is 0 Å². The monoisotopic (exact) mass is 375 g/mol. The second-order valence-corrected chi connectivity index (χ2v) is 6.59. The second kappa shape index (κ2) is 6.45. The van der Waals surface area contributed by atoms with Crippen LogP contribution in [0.25, 0.3) is 11.5 Å². The van der Waals surface area contributed by atoms with Crippen molar-refractivity contribution in [2.45, 2.75) is 18.8 Å². The van der Waals surface area contributed by atoms with E-state index in [0.717, 1.165) is 30.0 Å². The predicted octanol–water partition coefficient (Wildman–Crippen LogP) is 2.45. The second-order valence-electron chi connectivity index (χ2n) is 6.59. The van der Waals surface area contributed by atoms with Crippen LogP contribution in [-0.2, 0) is 0 Å². The molecule has 140 valence electrons. The van der Waals surface area contributed by atoms with E-state index in [1.807, 2.05) is 30.3 Å². The number of fused-ring (bicyclic) bond motifs is 1. The number of amides is 1. The molecule has 1 amide bonds. The Labute approximate surface area is 160 Å². The van der Waals surface area contributed by atoms with Gasteiger partial charge in [-0.05, 0) is 43.2 Å². The number of hydrogen-bond acceptors (Lipinski definition) is 6. The molecule has 0 radical (unpaired) electrons. The molecule has 1 N–H and O–H groups in total. The molecule has 0 atom stereocenters. The number of methoxy groups -OCH3 is 1. The molecule has 1 fully saturated rings. The van der Waals surface area contributed by atoms with Gasteiger partial charge in [0.2, 0.25) is 5.82 Å². The van der Waals surface area contributed by atoms with Crippen LogP contribution in [-0.4, -0.2) is 42.4 Å². The molecule has 1 aliphatic carbocycles. The van der Waals surface area contributed by atoms with Gasteiger partial charge in [0.1, 0.15) is 11.6 Å². The fourth-order valence-corrected chi connectivity index (χ4v) is 2.99. The zero-order valence-electron chi connectivity index (χ0n) is 15.1. The van der Waals surface area contributed by atoms with Crippen molar-refractivity contribution in [1.82, 2.24) is 29.4 Å². The average Bonchev–Trinajstić information content (AvgIpc) is 3.35. The van der Waals surface area contributed by atoms with Crippen LogP contribution in [0.15, 0.2) is 48.8 Å². The number of anilines is 1. The average molecular weight is 375 g/mol. The minimum atomic E-state index is -0.414. The van der Waals surface area contributed by atoms with Crippen molar-refractivity contribution < 1.29 is 9.53 Å². The maximum absolute atomic E-state index is 12.7. The Morgan fingerprint density at radius 3 is 2.75 bits per heavy atom. The summed E-state index contributed by atoms with van der Waals surface area (Å²) in [6, 6.07) is 11.1. The van der Waals surface area contributed by atoms with E-state index in [2.05, 4.69) is 20.4 Å². The first-order chi connectivity index (χ1) is 13.7. The minimum absolute atomic E-state index is 0.0501. The quantitative estimate of drug-likeness (QED) is 0.575. The molecular formula is C19H17N7O2. The number of hydrogen-bond donors (Lipinski definition) is 1. The molecule has 0 saturated heterocycles. The van der Waals surface area contributed by atoms with Crippen LogP contribution < -0.4 is 10.1 Å². The molecule has 0 aliphatic heterocycles. The normalized spacial score (nSPS) is 13.6. The third kappa shape index (κ3) is 2.96. The number of benzene rings is 1. The number of carbonyl (C=O) groups is 1. The summed E-state index contributed by atoms with van der Waals surface area (Å²) >= 11 is 0. The van der Waals surface area contributed by atoms with Crippen LogP contribution >= 0.6 is 0 Å². The van der Waals surface area contributed by atoms with Gasteiger partial charge in [0, 0.05) is 24.4 Å². The summed E-state index contributed by atoms with van der Waals surface area (Å²) in [4.78, 5) is 21.0. The largest absolute Gasteiger partial charge is 0.497 e. The number of nitrogens with one attached hydrogen (secondary N) is 1. The fraction of sp³-hybridized carbons (Fsp3) is 0.211. The Balaban J connectivity index is 1.48. The molecule has 28 heavy (non-hydrogen) atoms. The van der Waals surface area contributed by atoms with E-state index in [9.17, 15) is 4.79 Å². The van der Waals surface area contributed by atoms with E-state index in [1.54, 1.807) is 30.3 Å². The van der Waals surface area contributed by atoms with E-state index in [1.165, 1.54) is 4.52 Å². The highest BCUT2D eigenvalue weighted by Crippen LogP contribution is 2.40. The summed E-state index contributed by atoms with van der Waals surface area (Å²) in [5.41, 5.74) is 1.79. The van der Waals surface area contributed by atoms with E-state index < -0.39 is 5.91 Å². The Kier molecular flexibility index (Phi) is 3.78. The van der Waals surface area contributed by atoms with Crippen molar-refractivity contribution in [3.05, 3.63) is 60.3 Å². The molecule has 5 rings (SSSR count). The van der Waals surface area contributed by atoms with Crippen molar-refractivity contribution in [2.75, 3.05) is 12.4 Å². The zero-order valence-corrected chi connectivity index (χ0v) is 15.1. The number of aromatic nitrogens is 6. The Hall–Kier alpha value is -3.75. The summed E-state index contributed by atoms with van der Waals surface area (Å²) in [6.07, 6.45) is 5.53. The Morgan fingerprint density at radius 1 is 1.21 bits per heavy atom. The molecule has 0 bridgehead atoms. The lowest BCUT2D eigenvalue weighted by molar-refractivity contribution is 0.101. The van der Waals surface area contributed by atoms with Crippen LogP contribution in [0.3, 0.4) is 0 Å². The molecule has 9 nitrogen and oxygen atoms in total. The first-order valence-electron chi connectivity index (χ1n) is 8.94. The maximum atomic E-state index is 12.7. The molecule has 1 aliphatic rings. The standard InChI is InChI=1S/C19H17N7O2/c1-28-14-7-5-13(6-8-14)26-16(11-15(23-26)12-3-4-12)21-18(27)17-22-19-20-9-2-10-25(19)24-17/h2,5-12H,3-4H2,1H3,(H,21,27). The lowest BCUT2D eigenvalue weighted by Crippen LogP contribution is -2.16. The van der Waals surface area contributed by atoms with Crippen LogP contribution in [0.4, 0.5) is 5.82 Å². The minimum Gasteiger partial charge on any atom is -0.497 e. The molecule has 9 heteroatoms. The van der Waals surface area contributed by atoms with E-state index in [4.69, 9.17) is 9.84 Å². The molecular weight excluding hydrogens is 358 g/mol. The van der Waals surface area contributed by atoms with Crippen LogP contribution in [0.1, 0.15) is 35.1 Å². The third-order valence-corrected chi connectivity index (χ3v) is 4.60. The fourth-order valence-electron chi connectivity index (χ4n) is 2.99. The number of rotatable bonds is 5. The molecule has 4 aromatic rings. The van der Waals surface area contributed by atoms with E-state index in [0.29, 0.717) is 17.5 Å². The van der Waals surface area contributed by atoms with Crippen molar-refractivity contribution in [1.29, 1.82) is 0 Å². The number of ether oxygens (including phenoxy) is 1. The van der Waals surface area contributed by atoms with Gasteiger partial charge in [0.15, 0.2) is 0 Å². The van der Waals surface area contributed by atoms with Gasteiger partial charge < -0.3 is 10.1 Å². The van der Waals surface area contributed by atoms with Crippen LogP contribution in [0.2, 0.25) is 0 Å². The highest BCUT2D eigenvalue weighted by atomic mass is 16.5. The van der Waals surface area contributed by atoms with Gasteiger partial charge in [-0.25, -0.2) is 14.2 Å². The molecule has 0 spiro atoms. The smallest absolute Gasteiger partial charge is 0.296 e. The summed E-state index contributed by atoms with van der Waals surface area (Å²) in [5.74, 6) is 1.79. The van der Waals surface area contributed by atoms with Gasteiger partial charge in [0.05, 0.1) is 18.5 Å². The van der Waals surface area contributed by atoms with Crippen LogP contribution in [0, 0.1) is 0 Å². The lowest BCUT2D eigenvalue weighted by atomic mass is 10.3. The predicted molar refractivity (Wildman–Crippen MR) is 101 cm³/mol. The van der Waals surface area contributed by atoms with Crippen molar-refractivity contribution in [3.8, 4) is 11.4 Å². The van der Waals surface area contributed by atoms with Crippen LogP contribution in [0.5, 0.6) is 5.75 Å². The Bertz CT molecular complexity index is 1130. The van der Waals surface area contributed by atoms with Gasteiger partial charge in [0.25, 0.3) is 11.7 Å². The van der Waals surface area contributed by atoms with Crippen molar-refractivity contribution >= 4 is 17.5 Å². The molecule has 0 unspecified atom stereocenters. The number of nitrogens with zero attached hydrogens (tertiary/aromatic N) is 6. The lowest BCUT2D eigenvalue weighted by Gasteiger charge is -2.08. The molecule has 1 aromatic carbocycles. The highest BCUT2D eigenvalue weighted by molar-refractivity contribution is 6.01. The summed E-state index contributed by atoms with van der Waals surface area (Å²) in [7, 11) is 1.62. The zero-order chi connectivity index (χ0) is 19.1. The summed E-state index contributed by atoms with van der Waals surface area (Å²) in [6.45, 7) is 0. The topological polar surface area (TPSA) is 99.2 Å². The summed E-state index contributed by atoms with van der Waals surface area (Å²) < 4.78 is 8.40. The van der Waals surface area contributed by atoms with E-state index in [-0.39, 0.29) is 5.82 Å². The highest BCUT2D eigenvalue weighted by Gasteiger charge is 2.28. The summed E-state index contributed by atoms with van der Waals surface area (Å²) in [5, 5.41) is 11.7.